The van der Waals surface area contributed by atoms with Crippen LogP contribution in [0.4, 0.5) is 29.5 Å². The minimum absolute atomic E-state index is 0.171. The number of ether oxygens (including phenoxy) is 1. The third-order valence-corrected chi connectivity index (χ3v) is 5.32. The Bertz CT molecular complexity index is 1140. The minimum atomic E-state index is -2.85. The number of aromatic nitrogens is 3. The van der Waals surface area contributed by atoms with Crippen molar-refractivity contribution in [2.45, 2.75) is 5.92 Å². The number of carbonyl (C=O) groups excluding carboxylic acids is 1. The second-order valence-electron chi connectivity index (χ2n) is 7.54. The minimum Gasteiger partial charge on any atom is -0.378 e. The molecule has 2 amide bonds. The fourth-order valence-electron chi connectivity index (χ4n) is 3.69. The number of imidazole rings is 1. The van der Waals surface area contributed by atoms with Crippen LogP contribution in [0.3, 0.4) is 0 Å². The molecule has 0 spiro atoms. The van der Waals surface area contributed by atoms with Crippen LogP contribution in [0.1, 0.15) is 0 Å². The average Bonchev–Trinajstić information content (AvgIpc) is 3.17. The van der Waals surface area contributed by atoms with Crippen LogP contribution in [-0.2, 0) is 4.74 Å². The lowest BCUT2D eigenvalue weighted by molar-refractivity contribution is -0.107. The van der Waals surface area contributed by atoms with E-state index < -0.39 is 30.9 Å². The van der Waals surface area contributed by atoms with Crippen molar-refractivity contribution < 1.29 is 22.7 Å². The molecule has 162 valence electrons. The van der Waals surface area contributed by atoms with Crippen molar-refractivity contribution >= 4 is 23.3 Å². The van der Waals surface area contributed by atoms with E-state index in [2.05, 4.69) is 20.2 Å². The molecule has 1 N–H and O–H groups in total. The fourth-order valence-corrected chi connectivity index (χ4v) is 3.69. The Morgan fingerprint density at radius 2 is 1.94 bits per heavy atom. The molecule has 31 heavy (non-hydrogen) atoms. The van der Waals surface area contributed by atoms with Gasteiger partial charge in [0.15, 0.2) is 0 Å². The number of urea groups is 1. The van der Waals surface area contributed by atoms with Gasteiger partial charge in [-0.25, -0.2) is 27.9 Å². The molecular weight excluding hydrogens is 413 g/mol. The Morgan fingerprint density at radius 3 is 2.68 bits per heavy atom. The summed E-state index contributed by atoms with van der Waals surface area (Å²) in [4.78, 5) is 24.0. The standard InChI is InChI=1S/C20H19F3N6O2/c21-15-2-1-13(25-19(30)28-11-20(22,23)12-28)9-14(15)16-3-4-29-17(10-24-18(29)26-16)27-5-7-31-8-6-27/h1-4,9-10H,5-8,11-12H2,(H,25,30). The van der Waals surface area contributed by atoms with Gasteiger partial charge in [0.1, 0.15) is 11.6 Å². The summed E-state index contributed by atoms with van der Waals surface area (Å²) in [7, 11) is 0. The van der Waals surface area contributed by atoms with E-state index in [1.165, 1.54) is 18.2 Å². The summed E-state index contributed by atoms with van der Waals surface area (Å²) in [5.74, 6) is -2.08. The third kappa shape index (κ3) is 3.76. The highest BCUT2D eigenvalue weighted by Gasteiger charge is 2.46. The lowest BCUT2D eigenvalue weighted by atomic mass is 10.1. The molecule has 0 atom stereocenters. The molecule has 3 aromatic rings. The first-order chi connectivity index (χ1) is 14.9. The smallest absolute Gasteiger partial charge is 0.322 e. The number of amides is 2. The quantitative estimate of drug-likeness (QED) is 0.689. The predicted molar refractivity (Wildman–Crippen MR) is 107 cm³/mol. The number of alkyl halides is 2. The van der Waals surface area contributed by atoms with Gasteiger partial charge in [-0.15, -0.1) is 0 Å². The first kappa shape index (κ1) is 19.6. The first-order valence-corrected chi connectivity index (χ1v) is 9.80. The molecule has 1 aromatic carbocycles. The van der Waals surface area contributed by atoms with Crippen molar-refractivity contribution in [1.29, 1.82) is 0 Å². The van der Waals surface area contributed by atoms with Crippen LogP contribution in [0.15, 0.2) is 36.7 Å². The summed E-state index contributed by atoms with van der Waals surface area (Å²) in [5, 5.41) is 2.52. The highest BCUT2D eigenvalue weighted by molar-refractivity contribution is 5.90. The summed E-state index contributed by atoms with van der Waals surface area (Å²) in [6.45, 7) is 1.51. The first-order valence-electron chi connectivity index (χ1n) is 9.80. The van der Waals surface area contributed by atoms with Gasteiger partial charge in [-0.2, -0.15) is 0 Å². The Balaban J connectivity index is 1.39. The molecule has 0 saturated carbocycles. The number of fused-ring (bicyclic) bond motifs is 1. The molecule has 0 unspecified atom stereocenters. The molecule has 2 aliphatic rings. The average molecular weight is 432 g/mol. The monoisotopic (exact) mass is 432 g/mol. The molecule has 5 rings (SSSR count). The topological polar surface area (TPSA) is 75.0 Å². The van der Waals surface area contributed by atoms with Crippen LogP contribution >= 0.6 is 0 Å². The Morgan fingerprint density at radius 1 is 1.16 bits per heavy atom. The van der Waals surface area contributed by atoms with Gasteiger partial charge in [0.05, 0.1) is 38.2 Å². The molecule has 4 heterocycles. The van der Waals surface area contributed by atoms with E-state index in [0.717, 1.165) is 23.8 Å². The molecule has 0 bridgehead atoms. The molecule has 2 aromatic heterocycles. The number of anilines is 2. The SMILES string of the molecule is O=C(Nc1ccc(F)c(-c2ccn3c(N4CCOCC4)cnc3n2)c1)N1CC(F)(F)C1. The van der Waals surface area contributed by atoms with Crippen molar-refractivity contribution in [2.75, 3.05) is 49.6 Å². The summed E-state index contributed by atoms with van der Waals surface area (Å²) in [6, 6.07) is 5.01. The van der Waals surface area contributed by atoms with Crippen molar-refractivity contribution in [3.8, 4) is 11.3 Å². The van der Waals surface area contributed by atoms with Gasteiger partial charge in [0.2, 0.25) is 5.78 Å². The number of halogens is 3. The Hall–Kier alpha value is -3.34. The van der Waals surface area contributed by atoms with Gasteiger partial charge in [-0.05, 0) is 24.3 Å². The Kier molecular flexibility index (Phi) is 4.69. The second-order valence-corrected chi connectivity index (χ2v) is 7.54. The normalized spacial score (nSPS) is 18.2. The van der Waals surface area contributed by atoms with Gasteiger partial charge >= 0.3 is 6.03 Å². The van der Waals surface area contributed by atoms with E-state index in [0.29, 0.717) is 24.7 Å². The molecule has 8 nitrogen and oxygen atoms in total. The molecule has 0 radical (unpaired) electrons. The maximum atomic E-state index is 14.5. The van der Waals surface area contributed by atoms with Crippen LogP contribution in [0, 0.1) is 5.82 Å². The molecule has 11 heteroatoms. The molecular formula is C20H19F3N6O2. The summed E-state index contributed by atoms with van der Waals surface area (Å²) >= 11 is 0. The van der Waals surface area contributed by atoms with Crippen LogP contribution in [0.2, 0.25) is 0 Å². The number of nitrogens with one attached hydrogen (secondary N) is 1. The second kappa shape index (κ2) is 7.41. The van der Waals surface area contributed by atoms with Crippen LogP contribution < -0.4 is 10.2 Å². The molecule has 2 fully saturated rings. The van der Waals surface area contributed by atoms with Crippen molar-refractivity contribution in [2.24, 2.45) is 0 Å². The number of morpholine rings is 1. The number of likely N-dealkylation sites (tertiary alicyclic amines) is 1. The zero-order chi connectivity index (χ0) is 21.6. The maximum Gasteiger partial charge on any atom is 0.322 e. The van der Waals surface area contributed by atoms with Crippen molar-refractivity contribution in [1.82, 2.24) is 19.3 Å². The number of nitrogens with zero attached hydrogens (tertiary/aromatic N) is 5. The largest absolute Gasteiger partial charge is 0.378 e. The van der Waals surface area contributed by atoms with Crippen molar-refractivity contribution in [3.63, 3.8) is 0 Å². The highest BCUT2D eigenvalue weighted by Crippen LogP contribution is 2.29. The van der Waals surface area contributed by atoms with E-state index in [9.17, 15) is 18.0 Å². The number of benzene rings is 1. The number of carbonyl (C=O) groups is 1. The lowest BCUT2D eigenvalue weighted by Crippen LogP contribution is -2.59. The van der Waals surface area contributed by atoms with E-state index in [1.54, 1.807) is 18.5 Å². The third-order valence-electron chi connectivity index (χ3n) is 5.32. The van der Waals surface area contributed by atoms with E-state index >= 15 is 0 Å². The van der Waals surface area contributed by atoms with Crippen LogP contribution in [-0.4, -0.2) is 70.6 Å². The van der Waals surface area contributed by atoms with E-state index in [1.807, 2.05) is 4.40 Å². The van der Waals surface area contributed by atoms with Gasteiger partial charge < -0.3 is 19.9 Å². The zero-order valence-electron chi connectivity index (χ0n) is 16.4. The number of hydrogen-bond donors (Lipinski definition) is 1. The fraction of sp³-hybridized carbons (Fsp3) is 0.350. The van der Waals surface area contributed by atoms with Gasteiger partial charge in [0.25, 0.3) is 5.92 Å². The van der Waals surface area contributed by atoms with E-state index in [-0.39, 0.29) is 11.3 Å². The van der Waals surface area contributed by atoms with Crippen LogP contribution in [0.25, 0.3) is 17.0 Å². The number of rotatable bonds is 3. The van der Waals surface area contributed by atoms with E-state index in [4.69, 9.17) is 4.74 Å². The molecule has 2 aliphatic heterocycles. The van der Waals surface area contributed by atoms with Crippen LogP contribution in [0.5, 0.6) is 0 Å². The Labute approximate surface area is 175 Å². The predicted octanol–water partition coefficient (Wildman–Crippen LogP) is 2.85. The molecule has 2 saturated heterocycles. The highest BCUT2D eigenvalue weighted by atomic mass is 19.3. The molecule has 0 aliphatic carbocycles. The van der Waals surface area contributed by atoms with Gasteiger partial charge in [-0.3, -0.25) is 4.40 Å². The number of hydrogen-bond acceptors (Lipinski definition) is 5. The summed E-state index contributed by atoms with van der Waals surface area (Å²) in [6.07, 6.45) is 3.48. The van der Waals surface area contributed by atoms with Gasteiger partial charge in [0, 0.05) is 30.5 Å². The maximum absolute atomic E-state index is 14.5. The van der Waals surface area contributed by atoms with Crippen molar-refractivity contribution in [3.05, 3.63) is 42.5 Å². The van der Waals surface area contributed by atoms with Gasteiger partial charge in [-0.1, -0.05) is 0 Å². The summed E-state index contributed by atoms with van der Waals surface area (Å²) < 4.78 is 47.7. The summed E-state index contributed by atoms with van der Waals surface area (Å²) in [5.41, 5.74) is 0.802. The lowest BCUT2D eigenvalue weighted by Gasteiger charge is -2.38. The zero-order valence-corrected chi connectivity index (χ0v) is 16.4.